The monoisotopic (exact) mass is 221 g/mol. The molecule has 2 rings (SSSR count). The number of ether oxygens (including phenoxy) is 1. The van der Waals surface area contributed by atoms with E-state index in [1.54, 1.807) is 0 Å². The zero-order valence-electron chi connectivity index (χ0n) is 9.70. The van der Waals surface area contributed by atoms with E-state index < -0.39 is 0 Å². The van der Waals surface area contributed by atoms with E-state index in [0.717, 1.165) is 31.2 Å². The molecule has 4 nitrogen and oxygen atoms in total. The van der Waals surface area contributed by atoms with Crippen LogP contribution in [0.5, 0.6) is 0 Å². The Morgan fingerprint density at radius 2 is 2.31 bits per heavy atom. The summed E-state index contributed by atoms with van der Waals surface area (Å²) < 4.78 is 5.56. The molecule has 2 N–H and O–H groups in total. The second kappa shape index (κ2) is 5.70. The molecular formula is C12H19N3O. The smallest absolute Gasteiger partial charge is 0.128 e. The first-order valence-corrected chi connectivity index (χ1v) is 5.89. The standard InChI is InChI=1S/C12H19N3O/c1-13-11-5-2-6-12(15-11)14-8-7-10-4-3-9-16-10/h2,5-6,10H,3-4,7-9H2,1H3,(H2,13,14,15). The molecule has 1 unspecified atom stereocenters. The second-order valence-corrected chi connectivity index (χ2v) is 4.01. The first-order chi connectivity index (χ1) is 7.88. The maximum Gasteiger partial charge on any atom is 0.128 e. The molecule has 1 aromatic rings. The number of hydrogen-bond donors (Lipinski definition) is 2. The Kier molecular flexibility index (Phi) is 3.99. The highest BCUT2D eigenvalue weighted by molar-refractivity contribution is 5.44. The third-order valence-corrected chi connectivity index (χ3v) is 2.80. The van der Waals surface area contributed by atoms with Gasteiger partial charge in [0, 0.05) is 20.2 Å². The van der Waals surface area contributed by atoms with Gasteiger partial charge in [-0.05, 0) is 31.4 Å². The molecule has 1 atom stereocenters. The zero-order valence-corrected chi connectivity index (χ0v) is 9.70. The third kappa shape index (κ3) is 3.10. The topological polar surface area (TPSA) is 46.2 Å². The fourth-order valence-corrected chi connectivity index (χ4v) is 1.91. The summed E-state index contributed by atoms with van der Waals surface area (Å²) in [5, 5.41) is 6.34. The van der Waals surface area contributed by atoms with Gasteiger partial charge < -0.3 is 15.4 Å². The summed E-state index contributed by atoms with van der Waals surface area (Å²) in [5.41, 5.74) is 0. The van der Waals surface area contributed by atoms with Crippen LogP contribution in [0.4, 0.5) is 11.6 Å². The summed E-state index contributed by atoms with van der Waals surface area (Å²) in [5.74, 6) is 1.81. The van der Waals surface area contributed by atoms with Gasteiger partial charge in [-0.2, -0.15) is 0 Å². The Morgan fingerprint density at radius 3 is 3.06 bits per heavy atom. The molecule has 1 saturated heterocycles. The van der Waals surface area contributed by atoms with Gasteiger partial charge >= 0.3 is 0 Å². The fourth-order valence-electron chi connectivity index (χ4n) is 1.91. The van der Waals surface area contributed by atoms with Crippen LogP contribution >= 0.6 is 0 Å². The molecule has 1 aliphatic heterocycles. The van der Waals surface area contributed by atoms with Gasteiger partial charge in [0.15, 0.2) is 0 Å². The second-order valence-electron chi connectivity index (χ2n) is 4.01. The molecule has 0 spiro atoms. The van der Waals surface area contributed by atoms with Crippen molar-refractivity contribution in [2.75, 3.05) is 30.8 Å². The van der Waals surface area contributed by atoms with Crippen molar-refractivity contribution in [2.45, 2.75) is 25.4 Å². The zero-order chi connectivity index (χ0) is 11.2. The maximum atomic E-state index is 5.56. The Labute approximate surface area is 96.4 Å². The molecule has 0 aromatic carbocycles. The van der Waals surface area contributed by atoms with Crippen molar-refractivity contribution < 1.29 is 4.74 Å². The molecule has 1 aliphatic rings. The number of pyridine rings is 1. The summed E-state index contributed by atoms with van der Waals surface area (Å²) in [6.45, 7) is 1.85. The van der Waals surface area contributed by atoms with E-state index in [9.17, 15) is 0 Å². The Balaban J connectivity index is 1.75. The molecule has 0 radical (unpaired) electrons. The molecule has 1 aromatic heterocycles. The van der Waals surface area contributed by atoms with E-state index in [1.807, 2.05) is 25.2 Å². The molecule has 1 fully saturated rings. The SMILES string of the molecule is CNc1cccc(NCCC2CCCO2)n1. The minimum Gasteiger partial charge on any atom is -0.378 e. The molecule has 0 bridgehead atoms. The number of hydrogen-bond acceptors (Lipinski definition) is 4. The molecule has 16 heavy (non-hydrogen) atoms. The summed E-state index contributed by atoms with van der Waals surface area (Å²) >= 11 is 0. The average Bonchev–Trinajstić information content (AvgIpc) is 2.82. The highest BCUT2D eigenvalue weighted by Gasteiger charge is 2.14. The van der Waals surface area contributed by atoms with Crippen LogP contribution in [0.25, 0.3) is 0 Å². The van der Waals surface area contributed by atoms with Crippen LogP contribution in [-0.2, 0) is 4.74 Å². The van der Waals surface area contributed by atoms with E-state index in [2.05, 4.69) is 15.6 Å². The predicted molar refractivity (Wildman–Crippen MR) is 65.9 cm³/mol. The van der Waals surface area contributed by atoms with E-state index in [0.29, 0.717) is 6.10 Å². The maximum absolute atomic E-state index is 5.56. The highest BCUT2D eigenvalue weighted by Crippen LogP contribution is 2.15. The van der Waals surface area contributed by atoms with Crippen LogP contribution in [0.2, 0.25) is 0 Å². The van der Waals surface area contributed by atoms with E-state index in [1.165, 1.54) is 12.8 Å². The Hall–Kier alpha value is -1.29. The first-order valence-electron chi connectivity index (χ1n) is 5.89. The molecular weight excluding hydrogens is 202 g/mol. The van der Waals surface area contributed by atoms with Gasteiger partial charge in [0.2, 0.25) is 0 Å². The summed E-state index contributed by atoms with van der Waals surface area (Å²) in [6, 6.07) is 5.93. The van der Waals surface area contributed by atoms with Crippen molar-refractivity contribution in [2.24, 2.45) is 0 Å². The number of aromatic nitrogens is 1. The predicted octanol–water partition coefficient (Wildman–Crippen LogP) is 2.10. The largest absolute Gasteiger partial charge is 0.378 e. The summed E-state index contributed by atoms with van der Waals surface area (Å²) in [7, 11) is 1.87. The number of anilines is 2. The van der Waals surface area contributed by atoms with Gasteiger partial charge in [0.05, 0.1) is 6.10 Å². The van der Waals surface area contributed by atoms with Crippen LogP contribution in [0.3, 0.4) is 0 Å². The van der Waals surface area contributed by atoms with Gasteiger partial charge in [-0.3, -0.25) is 0 Å². The lowest BCUT2D eigenvalue weighted by Crippen LogP contribution is -2.13. The van der Waals surface area contributed by atoms with E-state index in [4.69, 9.17) is 4.74 Å². The van der Waals surface area contributed by atoms with Gasteiger partial charge in [-0.1, -0.05) is 6.07 Å². The van der Waals surface area contributed by atoms with Crippen molar-refractivity contribution >= 4 is 11.6 Å². The van der Waals surface area contributed by atoms with Crippen molar-refractivity contribution in [1.29, 1.82) is 0 Å². The van der Waals surface area contributed by atoms with Crippen molar-refractivity contribution in [3.05, 3.63) is 18.2 Å². The van der Waals surface area contributed by atoms with Crippen LogP contribution in [0, 0.1) is 0 Å². The normalized spacial score (nSPS) is 19.7. The lowest BCUT2D eigenvalue weighted by molar-refractivity contribution is 0.107. The average molecular weight is 221 g/mol. The van der Waals surface area contributed by atoms with Gasteiger partial charge in [-0.15, -0.1) is 0 Å². The highest BCUT2D eigenvalue weighted by atomic mass is 16.5. The molecule has 0 amide bonds. The first kappa shape index (κ1) is 11.2. The minimum atomic E-state index is 0.444. The van der Waals surface area contributed by atoms with Crippen molar-refractivity contribution in [3.63, 3.8) is 0 Å². The number of nitrogens with one attached hydrogen (secondary N) is 2. The van der Waals surface area contributed by atoms with E-state index >= 15 is 0 Å². The summed E-state index contributed by atoms with van der Waals surface area (Å²) in [4.78, 5) is 4.39. The van der Waals surface area contributed by atoms with E-state index in [-0.39, 0.29) is 0 Å². The molecule has 0 saturated carbocycles. The minimum absolute atomic E-state index is 0.444. The van der Waals surface area contributed by atoms with Crippen molar-refractivity contribution in [3.8, 4) is 0 Å². The van der Waals surface area contributed by atoms with Crippen LogP contribution < -0.4 is 10.6 Å². The lowest BCUT2D eigenvalue weighted by atomic mass is 10.2. The number of nitrogens with zero attached hydrogens (tertiary/aromatic N) is 1. The van der Waals surface area contributed by atoms with Crippen LogP contribution in [0.1, 0.15) is 19.3 Å². The van der Waals surface area contributed by atoms with Gasteiger partial charge in [0.25, 0.3) is 0 Å². The Morgan fingerprint density at radius 1 is 1.44 bits per heavy atom. The molecule has 4 heteroatoms. The fraction of sp³-hybridized carbons (Fsp3) is 0.583. The Bertz CT molecular complexity index is 324. The summed E-state index contributed by atoms with van der Waals surface area (Å²) in [6.07, 6.45) is 3.91. The molecule has 2 heterocycles. The molecule has 88 valence electrons. The third-order valence-electron chi connectivity index (χ3n) is 2.80. The number of rotatable bonds is 5. The lowest BCUT2D eigenvalue weighted by Gasteiger charge is -2.10. The molecule has 0 aliphatic carbocycles. The van der Waals surface area contributed by atoms with Gasteiger partial charge in [-0.25, -0.2) is 4.98 Å². The van der Waals surface area contributed by atoms with Crippen LogP contribution in [0.15, 0.2) is 18.2 Å². The quantitative estimate of drug-likeness (QED) is 0.799. The van der Waals surface area contributed by atoms with Gasteiger partial charge in [0.1, 0.15) is 11.6 Å². The van der Waals surface area contributed by atoms with Crippen LogP contribution in [-0.4, -0.2) is 31.3 Å². The van der Waals surface area contributed by atoms with Crippen molar-refractivity contribution in [1.82, 2.24) is 4.98 Å².